The molecule has 0 saturated heterocycles. The first-order valence-corrected chi connectivity index (χ1v) is 12.6. The van der Waals surface area contributed by atoms with Crippen LogP contribution in [-0.4, -0.2) is 37.3 Å². The van der Waals surface area contributed by atoms with Gasteiger partial charge in [-0.25, -0.2) is 13.2 Å². The van der Waals surface area contributed by atoms with Crippen molar-refractivity contribution in [3.63, 3.8) is 0 Å². The van der Waals surface area contributed by atoms with Crippen LogP contribution in [0.1, 0.15) is 33.1 Å². The number of hydrogen-bond donors (Lipinski definition) is 2. The number of carbonyl (C=O) groups excluding carboxylic acids is 2. The molecule has 11 heteroatoms. The Morgan fingerprint density at radius 3 is 2.33 bits per heavy atom. The lowest BCUT2D eigenvalue weighted by atomic mass is 9.87. The Balaban J connectivity index is 1.79. The van der Waals surface area contributed by atoms with Gasteiger partial charge in [0.05, 0.1) is 21.9 Å². The van der Waals surface area contributed by atoms with Crippen molar-refractivity contribution in [1.29, 1.82) is 0 Å². The van der Waals surface area contributed by atoms with Gasteiger partial charge in [0, 0.05) is 11.8 Å². The van der Waals surface area contributed by atoms with Crippen LogP contribution in [0.5, 0.6) is 17.2 Å². The number of ether oxygens (including phenoxy) is 2. The molecule has 0 atom stereocenters. The lowest BCUT2D eigenvalue weighted by molar-refractivity contribution is -0.155. The normalized spacial score (nSPS) is 14.0. The zero-order valence-corrected chi connectivity index (χ0v) is 20.3. The number of halogens is 2. The molecule has 0 heterocycles. The third-order valence-corrected chi connectivity index (χ3v) is 7.42. The van der Waals surface area contributed by atoms with Gasteiger partial charge in [0.2, 0.25) is 0 Å². The van der Waals surface area contributed by atoms with E-state index in [1.54, 1.807) is 13.8 Å². The summed E-state index contributed by atoms with van der Waals surface area (Å²) in [5.41, 5.74) is 0.137. The maximum atomic E-state index is 12.7. The van der Waals surface area contributed by atoms with E-state index in [-0.39, 0.29) is 49.5 Å². The highest BCUT2D eigenvalue weighted by Gasteiger charge is 2.28. The van der Waals surface area contributed by atoms with Crippen LogP contribution < -0.4 is 10.1 Å². The minimum Gasteiger partial charge on any atom is -0.507 e. The summed E-state index contributed by atoms with van der Waals surface area (Å²) in [5, 5.41) is 12.4. The number of phenolic OH excluding ortho intramolecular Hbond substituents is 1. The number of amides is 1. The number of esters is 1. The Morgan fingerprint density at radius 2 is 1.79 bits per heavy atom. The van der Waals surface area contributed by atoms with Crippen LogP contribution in [0.4, 0.5) is 5.69 Å². The summed E-state index contributed by atoms with van der Waals surface area (Å²) in [7, 11) is -3.71. The van der Waals surface area contributed by atoms with Gasteiger partial charge in [-0.2, -0.15) is 0 Å². The summed E-state index contributed by atoms with van der Waals surface area (Å²) in [6.07, 6.45) is 2.24. The van der Waals surface area contributed by atoms with E-state index in [9.17, 15) is 23.1 Å². The maximum Gasteiger partial charge on any atom is 0.397 e. The number of rotatable bonds is 7. The Kier molecular flexibility index (Phi) is 7.76. The summed E-state index contributed by atoms with van der Waals surface area (Å²) < 4.78 is 35.9. The van der Waals surface area contributed by atoms with Crippen molar-refractivity contribution >= 4 is 50.6 Å². The van der Waals surface area contributed by atoms with Crippen molar-refractivity contribution in [2.24, 2.45) is 5.92 Å². The Bertz CT molecular complexity index is 1150. The molecule has 0 aromatic heterocycles. The molecule has 2 aromatic carbocycles. The molecule has 0 unspecified atom stereocenters. The number of phenols is 1. The largest absolute Gasteiger partial charge is 0.507 e. The van der Waals surface area contributed by atoms with Crippen LogP contribution in [0, 0.1) is 5.92 Å². The fourth-order valence-corrected chi connectivity index (χ4v) is 5.54. The molecule has 33 heavy (non-hydrogen) atoms. The van der Waals surface area contributed by atoms with Gasteiger partial charge in [0.25, 0.3) is 0 Å². The summed E-state index contributed by atoms with van der Waals surface area (Å²) in [5.74, 6) is -2.27. The Morgan fingerprint density at radius 1 is 1.15 bits per heavy atom. The fraction of sp³-hybridized carbons (Fsp3) is 0.364. The SMILES string of the molecule is CC(C)OC(=O)C(=O)Nc1cc(Cl)c(Oc2ccc(O)c(S(=O)(=O)CC3CCC3)c2)c(Cl)c1. The molecular weight excluding hydrogens is 493 g/mol. The number of carbonyl (C=O) groups is 2. The second-order valence-electron chi connectivity index (χ2n) is 7.99. The molecule has 0 aliphatic heterocycles. The molecule has 1 aliphatic carbocycles. The first-order chi connectivity index (χ1) is 15.5. The Labute approximate surface area is 201 Å². The first-order valence-electron chi connectivity index (χ1n) is 10.2. The molecule has 1 aliphatic rings. The van der Waals surface area contributed by atoms with E-state index in [4.69, 9.17) is 32.7 Å². The van der Waals surface area contributed by atoms with Gasteiger partial charge in [-0.1, -0.05) is 29.6 Å². The molecule has 178 valence electrons. The number of aromatic hydroxyl groups is 1. The first kappa shape index (κ1) is 25.1. The van der Waals surface area contributed by atoms with Crippen molar-refractivity contribution in [3.8, 4) is 17.2 Å². The van der Waals surface area contributed by atoms with E-state index in [2.05, 4.69) is 5.32 Å². The molecule has 2 N–H and O–H groups in total. The minimum atomic E-state index is -3.71. The van der Waals surface area contributed by atoms with Gasteiger partial charge in [0.1, 0.15) is 16.4 Å². The quantitative estimate of drug-likeness (QED) is 0.395. The van der Waals surface area contributed by atoms with Crippen molar-refractivity contribution in [1.82, 2.24) is 0 Å². The lowest BCUT2D eigenvalue weighted by Gasteiger charge is -2.25. The van der Waals surface area contributed by atoms with E-state index < -0.39 is 27.8 Å². The van der Waals surface area contributed by atoms with Crippen LogP contribution >= 0.6 is 23.2 Å². The van der Waals surface area contributed by atoms with E-state index in [1.165, 1.54) is 30.3 Å². The van der Waals surface area contributed by atoms with Crippen molar-refractivity contribution in [2.75, 3.05) is 11.1 Å². The van der Waals surface area contributed by atoms with Gasteiger partial charge >= 0.3 is 11.9 Å². The summed E-state index contributed by atoms with van der Waals surface area (Å²) in [6.45, 7) is 3.22. The van der Waals surface area contributed by atoms with Crippen LogP contribution in [-0.2, 0) is 24.2 Å². The fourth-order valence-electron chi connectivity index (χ4n) is 3.16. The highest BCUT2D eigenvalue weighted by molar-refractivity contribution is 7.91. The van der Waals surface area contributed by atoms with Gasteiger partial charge < -0.3 is 19.9 Å². The summed E-state index contributed by atoms with van der Waals surface area (Å²) in [6, 6.07) is 6.45. The zero-order chi connectivity index (χ0) is 24.3. The molecule has 1 amide bonds. The van der Waals surface area contributed by atoms with Crippen LogP contribution in [0.2, 0.25) is 10.0 Å². The number of anilines is 1. The average Bonchev–Trinajstić information content (AvgIpc) is 2.68. The number of nitrogens with one attached hydrogen (secondary N) is 1. The highest BCUT2D eigenvalue weighted by Crippen LogP contribution is 2.40. The molecule has 1 fully saturated rings. The summed E-state index contributed by atoms with van der Waals surface area (Å²) >= 11 is 12.5. The molecule has 2 aromatic rings. The molecule has 0 bridgehead atoms. The molecule has 1 saturated carbocycles. The maximum absolute atomic E-state index is 12.7. The third-order valence-electron chi connectivity index (χ3n) is 4.95. The number of benzene rings is 2. The second kappa shape index (κ2) is 10.2. The molecular formula is C22H23Cl2NO7S. The highest BCUT2D eigenvalue weighted by atomic mass is 35.5. The number of sulfone groups is 1. The minimum absolute atomic E-state index is 0.00183. The average molecular weight is 516 g/mol. The summed E-state index contributed by atoms with van der Waals surface area (Å²) in [4.78, 5) is 23.4. The molecule has 0 radical (unpaired) electrons. The van der Waals surface area contributed by atoms with Crippen LogP contribution in [0.25, 0.3) is 0 Å². The second-order valence-corrected chi connectivity index (χ2v) is 10.8. The topological polar surface area (TPSA) is 119 Å². The van der Waals surface area contributed by atoms with E-state index in [0.29, 0.717) is 0 Å². The molecule has 0 spiro atoms. The van der Waals surface area contributed by atoms with Gasteiger partial charge in [-0.3, -0.25) is 4.79 Å². The zero-order valence-electron chi connectivity index (χ0n) is 17.9. The Hall–Kier alpha value is -2.49. The smallest absolute Gasteiger partial charge is 0.397 e. The predicted molar refractivity (Wildman–Crippen MR) is 124 cm³/mol. The number of hydrogen-bond acceptors (Lipinski definition) is 7. The van der Waals surface area contributed by atoms with Crippen molar-refractivity contribution in [3.05, 3.63) is 40.4 Å². The van der Waals surface area contributed by atoms with Gasteiger partial charge in [-0.15, -0.1) is 0 Å². The van der Waals surface area contributed by atoms with E-state index >= 15 is 0 Å². The van der Waals surface area contributed by atoms with Crippen molar-refractivity contribution in [2.45, 2.75) is 44.1 Å². The predicted octanol–water partition coefficient (Wildman–Crippen LogP) is 4.96. The third kappa shape index (κ3) is 6.31. The van der Waals surface area contributed by atoms with Crippen LogP contribution in [0.15, 0.2) is 35.2 Å². The van der Waals surface area contributed by atoms with Crippen molar-refractivity contribution < 1.29 is 32.6 Å². The molecule has 8 nitrogen and oxygen atoms in total. The van der Waals surface area contributed by atoms with E-state index in [0.717, 1.165) is 19.3 Å². The van der Waals surface area contributed by atoms with E-state index in [1.807, 2.05) is 0 Å². The van der Waals surface area contributed by atoms with Gasteiger partial charge in [0.15, 0.2) is 15.6 Å². The van der Waals surface area contributed by atoms with Gasteiger partial charge in [-0.05, 0) is 56.9 Å². The standard InChI is InChI=1S/C22H23Cl2NO7S/c1-12(2)31-22(28)21(27)25-14-8-16(23)20(17(24)9-14)32-15-6-7-18(26)19(10-15)33(29,30)11-13-4-3-5-13/h6-10,12-13,26H,3-5,11H2,1-2H3,(H,25,27). The molecule has 3 rings (SSSR count). The van der Waals surface area contributed by atoms with Crippen LogP contribution in [0.3, 0.4) is 0 Å². The lowest BCUT2D eigenvalue weighted by Crippen LogP contribution is -2.27. The monoisotopic (exact) mass is 515 g/mol.